The van der Waals surface area contributed by atoms with Gasteiger partial charge in [0.1, 0.15) is 5.82 Å². The van der Waals surface area contributed by atoms with Crippen LogP contribution < -0.4 is 0 Å². The average molecular weight is 332 g/mol. The van der Waals surface area contributed by atoms with Crippen molar-refractivity contribution in [3.63, 3.8) is 0 Å². The van der Waals surface area contributed by atoms with Gasteiger partial charge in [-0.1, -0.05) is 24.4 Å². The predicted octanol–water partition coefficient (Wildman–Crippen LogP) is 3.82. The zero-order chi connectivity index (χ0) is 15.0. The fourth-order valence-electron chi connectivity index (χ4n) is 3.65. The predicted molar refractivity (Wildman–Crippen MR) is 80.3 cm³/mol. The molecule has 2 unspecified atom stereocenters. The van der Waals surface area contributed by atoms with E-state index in [0.29, 0.717) is 12.5 Å². The molecule has 0 spiro atoms. The lowest BCUT2D eigenvalue weighted by atomic mass is 9.79. The van der Waals surface area contributed by atoms with Crippen molar-refractivity contribution in [2.24, 2.45) is 5.92 Å². The molecule has 1 saturated carbocycles. The molecule has 0 aromatic heterocycles. The van der Waals surface area contributed by atoms with E-state index in [-0.39, 0.29) is 16.0 Å². The quantitative estimate of drug-likeness (QED) is 0.826. The van der Waals surface area contributed by atoms with Crippen LogP contribution in [0, 0.1) is 11.7 Å². The van der Waals surface area contributed by atoms with Gasteiger partial charge in [-0.05, 0) is 49.8 Å². The Hall–Kier alpha value is -0.650. The molecule has 0 radical (unpaired) electrons. The van der Waals surface area contributed by atoms with Crippen molar-refractivity contribution in [1.29, 1.82) is 0 Å². The zero-order valence-electron chi connectivity index (χ0n) is 11.8. The topological polar surface area (TPSA) is 37.4 Å². The maximum atomic E-state index is 13.3. The first-order chi connectivity index (χ1) is 10.00. The van der Waals surface area contributed by atoms with E-state index in [1.165, 1.54) is 18.6 Å². The maximum absolute atomic E-state index is 13.3. The number of piperidine rings is 1. The van der Waals surface area contributed by atoms with Gasteiger partial charge in [-0.15, -0.1) is 0 Å². The van der Waals surface area contributed by atoms with Gasteiger partial charge in [-0.2, -0.15) is 4.31 Å². The van der Waals surface area contributed by atoms with Crippen molar-refractivity contribution in [2.75, 3.05) is 6.54 Å². The minimum absolute atomic E-state index is 0.0973. The van der Waals surface area contributed by atoms with Gasteiger partial charge >= 0.3 is 0 Å². The van der Waals surface area contributed by atoms with E-state index < -0.39 is 15.8 Å². The van der Waals surface area contributed by atoms with E-state index in [4.69, 9.17) is 11.6 Å². The summed E-state index contributed by atoms with van der Waals surface area (Å²) in [6.07, 6.45) is 6.32. The van der Waals surface area contributed by atoms with Crippen LogP contribution in [0.2, 0.25) is 5.02 Å². The molecular weight excluding hydrogens is 313 g/mol. The van der Waals surface area contributed by atoms with E-state index in [2.05, 4.69) is 0 Å². The Kier molecular flexibility index (Phi) is 4.26. The summed E-state index contributed by atoms with van der Waals surface area (Å²) in [5.41, 5.74) is 0. The molecule has 1 aromatic rings. The molecule has 21 heavy (non-hydrogen) atoms. The van der Waals surface area contributed by atoms with Crippen LogP contribution in [-0.2, 0) is 10.0 Å². The average Bonchev–Trinajstić information content (AvgIpc) is 2.49. The largest absolute Gasteiger partial charge is 0.243 e. The van der Waals surface area contributed by atoms with Crippen molar-refractivity contribution in [1.82, 2.24) is 4.31 Å². The number of hydrogen-bond acceptors (Lipinski definition) is 2. The van der Waals surface area contributed by atoms with E-state index in [1.807, 2.05) is 0 Å². The first-order valence-corrected chi connectivity index (χ1v) is 9.29. The monoisotopic (exact) mass is 331 g/mol. The number of rotatable bonds is 2. The van der Waals surface area contributed by atoms with E-state index in [0.717, 1.165) is 38.2 Å². The van der Waals surface area contributed by atoms with Gasteiger partial charge in [-0.25, -0.2) is 12.8 Å². The molecule has 1 aromatic carbocycles. The first kappa shape index (κ1) is 15.3. The Labute approximate surface area is 130 Å². The zero-order valence-corrected chi connectivity index (χ0v) is 13.3. The van der Waals surface area contributed by atoms with E-state index >= 15 is 0 Å². The van der Waals surface area contributed by atoms with Gasteiger partial charge in [0.15, 0.2) is 0 Å². The Balaban J connectivity index is 1.94. The fraction of sp³-hybridized carbons (Fsp3) is 0.600. The van der Waals surface area contributed by atoms with Crippen LogP contribution >= 0.6 is 11.6 Å². The van der Waals surface area contributed by atoms with E-state index in [1.54, 1.807) is 4.31 Å². The Morgan fingerprint density at radius 3 is 2.62 bits per heavy atom. The highest BCUT2D eigenvalue weighted by molar-refractivity contribution is 7.89. The molecule has 3 nitrogen and oxygen atoms in total. The SMILES string of the molecule is O=S(=O)(c1ccc(F)c(Cl)c1)N1CCCC2CCCCC21. The molecule has 1 aliphatic carbocycles. The Morgan fingerprint density at radius 1 is 1.14 bits per heavy atom. The number of hydrogen-bond donors (Lipinski definition) is 0. The molecule has 2 aliphatic rings. The molecule has 2 fully saturated rings. The van der Waals surface area contributed by atoms with Gasteiger partial charge < -0.3 is 0 Å². The lowest BCUT2D eigenvalue weighted by Crippen LogP contribution is -2.49. The van der Waals surface area contributed by atoms with Crippen molar-refractivity contribution in [3.05, 3.63) is 29.0 Å². The summed E-state index contributed by atoms with van der Waals surface area (Å²) >= 11 is 5.74. The minimum Gasteiger partial charge on any atom is -0.207 e. The molecule has 1 aliphatic heterocycles. The molecule has 0 amide bonds. The van der Waals surface area contributed by atoms with E-state index in [9.17, 15) is 12.8 Å². The summed E-state index contributed by atoms with van der Waals surface area (Å²) in [6.45, 7) is 0.554. The van der Waals surface area contributed by atoms with Crippen LogP contribution in [-0.4, -0.2) is 25.3 Å². The third-order valence-corrected chi connectivity index (χ3v) is 6.90. The van der Waals surface area contributed by atoms with Crippen LogP contribution in [0.25, 0.3) is 0 Å². The van der Waals surface area contributed by atoms with Crippen molar-refractivity contribution >= 4 is 21.6 Å². The maximum Gasteiger partial charge on any atom is 0.243 e. The summed E-state index contributed by atoms with van der Waals surface area (Å²) in [6, 6.07) is 3.75. The van der Waals surface area contributed by atoms with Gasteiger partial charge in [-0.3, -0.25) is 0 Å². The second kappa shape index (κ2) is 5.86. The van der Waals surface area contributed by atoms with Crippen LogP contribution in [0.15, 0.2) is 23.1 Å². The summed E-state index contributed by atoms with van der Waals surface area (Å²) in [5.74, 6) is -0.122. The van der Waals surface area contributed by atoms with Crippen LogP contribution in [0.5, 0.6) is 0 Å². The molecule has 0 bridgehead atoms. The van der Waals surface area contributed by atoms with Crippen molar-refractivity contribution in [2.45, 2.75) is 49.5 Å². The molecule has 2 atom stereocenters. The summed E-state index contributed by atoms with van der Waals surface area (Å²) in [5, 5.41) is -0.145. The Morgan fingerprint density at radius 2 is 1.86 bits per heavy atom. The second-order valence-corrected chi connectivity index (χ2v) is 8.24. The fourth-order valence-corrected chi connectivity index (χ4v) is 5.68. The molecule has 0 N–H and O–H groups in total. The lowest BCUT2D eigenvalue weighted by Gasteiger charge is -2.43. The first-order valence-electron chi connectivity index (χ1n) is 7.47. The smallest absolute Gasteiger partial charge is 0.207 e. The normalized spacial score (nSPS) is 27.3. The number of nitrogens with zero attached hydrogens (tertiary/aromatic N) is 1. The molecule has 1 saturated heterocycles. The number of fused-ring (bicyclic) bond motifs is 1. The number of benzene rings is 1. The Bertz CT molecular complexity index is 633. The van der Waals surface area contributed by atoms with Gasteiger partial charge in [0.25, 0.3) is 0 Å². The highest BCUT2D eigenvalue weighted by Crippen LogP contribution is 2.38. The minimum atomic E-state index is -3.59. The highest BCUT2D eigenvalue weighted by atomic mass is 35.5. The van der Waals surface area contributed by atoms with Crippen molar-refractivity contribution < 1.29 is 12.8 Å². The molecule has 3 rings (SSSR count). The summed E-state index contributed by atoms with van der Waals surface area (Å²) in [7, 11) is -3.59. The standard InChI is InChI=1S/C15H19ClFNO2S/c16-13-10-12(7-8-14(13)17)21(19,20)18-9-3-5-11-4-1-2-6-15(11)18/h7-8,10-11,15H,1-6,9H2. The molecule has 1 heterocycles. The number of sulfonamides is 1. The molecule has 6 heteroatoms. The lowest BCUT2D eigenvalue weighted by molar-refractivity contribution is 0.129. The van der Waals surface area contributed by atoms with Crippen LogP contribution in [0.4, 0.5) is 4.39 Å². The van der Waals surface area contributed by atoms with Crippen LogP contribution in [0.1, 0.15) is 38.5 Å². The van der Waals surface area contributed by atoms with Crippen molar-refractivity contribution in [3.8, 4) is 0 Å². The summed E-state index contributed by atoms with van der Waals surface area (Å²) < 4.78 is 40.6. The number of halogens is 2. The second-order valence-electron chi connectivity index (χ2n) is 5.95. The van der Waals surface area contributed by atoms with Crippen LogP contribution in [0.3, 0.4) is 0 Å². The molecular formula is C15H19ClFNO2S. The summed E-state index contributed by atoms with van der Waals surface area (Å²) in [4.78, 5) is 0.0973. The van der Waals surface area contributed by atoms with Gasteiger partial charge in [0, 0.05) is 12.6 Å². The highest BCUT2D eigenvalue weighted by Gasteiger charge is 2.39. The van der Waals surface area contributed by atoms with Gasteiger partial charge in [0.05, 0.1) is 9.92 Å². The van der Waals surface area contributed by atoms with Gasteiger partial charge in [0.2, 0.25) is 10.0 Å². The molecule has 116 valence electrons. The third-order valence-electron chi connectivity index (χ3n) is 4.69. The third kappa shape index (κ3) is 2.83.